The van der Waals surface area contributed by atoms with Crippen molar-refractivity contribution in [3.05, 3.63) is 78.2 Å². The zero-order valence-corrected chi connectivity index (χ0v) is 19.3. The summed E-state index contributed by atoms with van der Waals surface area (Å²) in [5.41, 5.74) is 5.94. The van der Waals surface area contributed by atoms with E-state index in [1.54, 1.807) is 6.20 Å². The molecule has 34 heavy (non-hydrogen) atoms. The van der Waals surface area contributed by atoms with Gasteiger partial charge in [0.2, 0.25) is 0 Å². The number of pyridine rings is 2. The number of hydrogen-bond acceptors (Lipinski definition) is 6. The maximum Gasteiger partial charge on any atom is 0.253 e. The van der Waals surface area contributed by atoms with Gasteiger partial charge < -0.3 is 10.2 Å². The lowest BCUT2D eigenvalue weighted by molar-refractivity contribution is 0.0793. The van der Waals surface area contributed by atoms with Crippen LogP contribution in [0.5, 0.6) is 0 Å². The Kier molecular flexibility index (Phi) is 5.99. The van der Waals surface area contributed by atoms with E-state index in [4.69, 9.17) is 4.98 Å². The SMILES string of the molecule is CNc1cc(-c2cncc(-c3ccc(C(=O)N4CCCC4)cc3)c2)nc(-c2cccc(C)n2)n1. The van der Waals surface area contributed by atoms with Crippen LogP contribution in [0.15, 0.2) is 67.0 Å². The molecule has 1 fully saturated rings. The maximum atomic E-state index is 12.7. The molecule has 1 aliphatic heterocycles. The molecule has 0 bridgehead atoms. The van der Waals surface area contributed by atoms with Gasteiger partial charge in [0.25, 0.3) is 5.91 Å². The van der Waals surface area contributed by atoms with Crippen LogP contribution in [0.25, 0.3) is 33.9 Å². The van der Waals surface area contributed by atoms with Crippen LogP contribution in [-0.4, -0.2) is 50.9 Å². The summed E-state index contributed by atoms with van der Waals surface area (Å²) in [6.07, 6.45) is 5.79. The normalized spacial score (nSPS) is 13.2. The highest BCUT2D eigenvalue weighted by molar-refractivity contribution is 5.95. The van der Waals surface area contributed by atoms with Crippen molar-refractivity contribution in [3.8, 4) is 33.9 Å². The molecule has 0 saturated carbocycles. The summed E-state index contributed by atoms with van der Waals surface area (Å²) in [5, 5.41) is 3.11. The second kappa shape index (κ2) is 9.39. The van der Waals surface area contributed by atoms with Crippen molar-refractivity contribution < 1.29 is 4.79 Å². The van der Waals surface area contributed by atoms with Crippen molar-refractivity contribution in [2.75, 3.05) is 25.5 Å². The fourth-order valence-electron chi connectivity index (χ4n) is 4.15. The Morgan fingerprint density at radius 2 is 1.62 bits per heavy atom. The number of benzene rings is 1. The number of rotatable bonds is 5. The largest absolute Gasteiger partial charge is 0.373 e. The van der Waals surface area contributed by atoms with Gasteiger partial charge in [-0.3, -0.25) is 9.78 Å². The number of likely N-dealkylation sites (tertiary alicyclic amines) is 1. The highest BCUT2D eigenvalue weighted by Gasteiger charge is 2.19. The van der Waals surface area contributed by atoms with Gasteiger partial charge >= 0.3 is 0 Å². The zero-order chi connectivity index (χ0) is 23.5. The van der Waals surface area contributed by atoms with Crippen molar-refractivity contribution in [3.63, 3.8) is 0 Å². The molecule has 7 heteroatoms. The molecule has 3 aromatic heterocycles. The zero-order valence-electron chi connectivity index (χ0n) is 19.3. The Morgan fingerprint density at radius 3 is 2.35 bits per heavy atom. The minimum atomic E-state index is 0.105. The molecule has 4 aromatic rings. The molecular weight excluding hydrogens is 424 g/mol. The fraction of sp³-hybridized carbons (Fsp3) is 0.222. The first-order valence-electron chi connectivity index (χ1n) is 11.5. The second-order valence-electron chi connectivity index (χ2n) is 8.42. The average molecular weight is 451 g/mol. The predicted molar refractivity (Wildman–Crippen MR) is 133 cm³/mol. The van der Waals surface area contributed by atoms with Crippen molar-refractivity contribution in [1.29, 1.82) is 0 Å². The summed E-state index contributed by atoms with van der Waals surface area (Å²) >= 11 is 0. The summed E-state index contributed by atoms with van der Waals surface area (Å²) in [6.45, 7) is 3.64. The minimum absolute atomic E-state index is 0.105. The van der Waals surface area contributed by atoms with Crippen molar-refractivity contribution in [2.45, 2.75) is 19.8 Å². The van der Waals surface area contributed by atoms with Gasteiger partial charge in [0.1, 0.15) is 11.5 Å². The lowest BCUT2D eigenvalue weighted by Crippen LogP contribution is -2.27. The first kappa shape index (κ1) is 21.7. The Labute approximate surface area is 199 Å². The quantitative estimate of drug-likeness (QED) is 0.468. The van der Waals surface area contributed by atoms with Crippen molar-refractivity contribution in [2.24, 2.45) is 0 Å². The summed E-state index contributed by atoms with van der Waals surface area (Å²) < 4.78 is 0. The van der Waals surface area contributed by atoms with E-state index in [0.717, 1.165) is 65.3 Å². The van der Waals surface area contributed by atoms with Gasteiger partial charge in [0.05, 0.1) is 5.69 Å². The van der Waals surface area contributed by atoms with Gasteiger partial charge in [-0.15, -0.1) is 0 Å². The molecule has 5 rings (SSSR count). The molecule has 1 N–H and O–H groups in total. The second-order valence-corrected chi connectivity index (χ2v) is 8.42. The van der Waals surface area contributed by atoms with Gasteiger partial charge in [-0.1, -0.05) is 18.2 Å². The van der Waals surface area contributed by atoms with E-state index in [2.05, 4.69) is 26.3 Å². The molecular formula is C27H26N6O. The number of carbonyl (C=O) groups excluding carboxylic acids is 1. The number of hydrogen-bond donors (Lipinski definition) is 1. The molecule has 1 amide bonds. The molecule has 170 valence electrons. The Hall–Kier alpha value is -4.13. The van der Waals surface area contributed by atoms with Crippen LogP contribution in [0.4, 0.5) is 5.82 Å². The van der Waals surface area contributed by atoms with E-state index in [-0.39, 0.29) is 5.91 Å². The first-order valence-corrected chi connectivity index (χ1v) is 11.5. The highest BCUT2D eigenvalue weighted by atomic mass is 16.2. The van der Waals surface area contributed by atoms with Crippen LogP contribution in [0.3, 0.4) is 0 Å². The van der Waals surface area contributed by atoms with E-state index in [1.807, 2.05) is 73.6 Å². The number of carbonyl (C=O) groups is 1. The monoisotopic (exact) mass is 450 g/mol. The van der Waals surface area contributed by atoms with E-state index >= 15 is 0 Å². The van der Waals surface area contributed by atoms with Gasteiger partial charge in [0.15, 0.2) is 5.82 Å². The number of nitrogens with zero attached hydrogens (tertiary/aromatic N) is 5. The number of nitrogens with one attached hydrogen (secondary N) is 1. The average Bonchev–Trinajstić information content (AvgIpc) is 3.43. The molecule has 1 aliphatic rings. The van der Waals surface area contributed by atoms with Crippen LogP contribution in [0.1, 0.15) is 28.9 Å². The molecule has 1 saturated heterocycles. The number of aryl methyl sites for hydroxylation is 1. The summed E-state index contributed by atoms with van der Waals surface area (Å²) in [7, 11) is 1.83. The van der Waals surface area contributed by atoms with Crippen LogP contribution in [-0.2, 0) is 0 Å². The van der Waals surface area contributed by atoms with E-state index < -0.39 is 0 Å². The molecule has 0 atom stereocenters. The molecule has 0 spiro atoms. The summed E-state index contributed by atoms with van der Waals surface area (Å²) in [6, 6.07) is 17.5. The van der Waals surface area contributed by atoms with Gasteiger partial charge in [0, 0.05) is 61.0 Å². The number of aromatic nitrogens is 4. The fourth-order valence-corrected chi connectivity index (χ4v) is 4.15. The number of anilines is 1. The topological polar surface area (TPSA) is 83.9 Å². The highest BCUT2D eigenvalue weighted by Crippen LogP contribution is 2.28. The molecule has 0 aliphatic carbocycles. The molecule has 0 unspecified atom stereocenters. The lowest BCUT2D eigenvalue weighted by Gasteiger charge is -2.15. The van der Waals surface area contributed by atoms with E-state index in [9.17, 15) is 4.79 Å². The first-order chi connectivity index (χ1) is 16.6. The third kappa shape index (κ3) is 4.50. The summed E-state index contributed by atoms with van der Waals surface area (Å²) in [4.78, 5) is 33.0. The molecule has 1 aromatic carbocycles. The smallest absolute Gasteiger partial charge is 0.253 e. The van der Waals surface area contributed by atoms with Crippen molar-refractivity contribution in [1.82, 2.24) is 24.8 Å². The van der Waals surface area contributed by atoms with Crippen LogP contribution < -0.4 is 5.32 Å². The van der Waals surface area contributed by atoms with Crippen LogP contribution in [0, 0.1) is 6.92 Å². The van der Waals surface area contributed by atoms with Crippen LogP contribution in [0.2, 0.25) is 0 Å². The van der Waals surface area contributed by atoms with Crippen molar-refractivity contribution >= 4 is 11.7 Å². The van der Waals surface area contributed by atoms with E-state index in [1.165, 1.54) is 0 Å². The molecule has 7 nitrogen and oxygen atoms in total. The van der Waals surface area contributed by atoms with Crippen LogP contribution >= 0.6 is 0 Å². The number of amides is 1. The minimum Gasteiger partial charge on any atom is -0.373 e. The molecule has 0 radical (unpaired) electrons. The van der Waals surface area contributed by atoms with Gasteiger partial charge in [-0.2, -0.15) is 0 Å². The Morgan fingerprint density at radius 1 is 0.853 bits per heavy atom. The van der Waals surface area contributed by atoms with Gasteiger partial charge in [-0.05, 0) is 55.7 Å². The standard InChI is InChI=1S/C27H26N6O/c1-18-6-5-7-23(30-18)26-31-24(15-25(28-2)32-26)22-14-21(16-29-17-22)19-8-10-20(11-9-19)27(34)33-12-3-4-13-33/h5-11,14-17H,3-4,12-13H2,1-2H3,(H,28,31,32). The Bertz CT molecular complexity index is 1330. The predicted octanol–water partition coefficient (Wildman–Crippen LogP) is 4.85. The third-order valence-electron chi connectivity index (χ3n) is 5.99. The Balaban J connectivity index is 1.46. The summed E-state index contributed by atoms with van der Waals surface area (Å²) in [5.74, 6) is 1.37. The third-order valence-corrected chi connectivity index (χ3v) is 5.99. The lowest BCUT2D eigenvalue weighted by atomic mass is 10.0. The maximum absolute atomic E-state index is 12.7. The van der Waals surface area contributed by atoms with E-state index in [0.29, 0.717) is 11.6 Å². The van der Waals surface area contributed by atoms with Gasteiger partial charge in [-0.25, -0.2) is 15.0 Å². The molecule has 4 heterocycles.